The molecule has 4 aliphatic rings. The van der Waals surface area contributed by atoms with Crippen LogP contribution in [0, 0.1) is 11.8 Å². The van der Waals surface area contributed by atoms with Gasteiger partial charge in [-0.05, 0) is 84.1 Å². The summed E-state index contributed by atoms with van der Waals surface area (Å²) in [6, 6.07) is -0.116. The van der Waals surface area contributed by atoms with Crippen molar-refractivity contribution >= 4 is 47.3 Å². The fraction of sp³-hybridized carbons (Fsp3) is 0.644. The molecule has 0 radical (unpaired) electrons. The highest BCUT2D eigenvalue weighted by molar-refractivity contribution is 8.00. The maximum atomic E-state index is 14.0. The van der Waals surface area contributed by atoms with E-state index in [1.54, 1.807) is 39.0 Å². The largest absolute Gasteiger partial charge is 0.439 e. The number of urea groups is 1. The molecule has 0 aromatic rings. The lowest BCUT2D eigenvalue weighted by molar-refractivity contribution is -0.121. The second kappa shape index (κ2) is 22.8. The van der Waals surface area contributed by atoms with Crippen LogP contribution in [-0.4, -0.2) is 114 Å². The number of primary amides is 1. The fourth-order valence-electron chi connectivity index (χ4n) is 8.56. The Morgan fingerprint density at radius 1 is 1.00 bits per heavy atom. The number of fused-ring (bicyclic) bond motifs is 3. The van der Waals surface area contributed by atoms with Crippen molar-refractivity contribution in [2.75, 3.05) is 33.1 Å². The van der Waals surface area contributed by atoms with Gasteiger partial charge in [0.15, 0.2) is 6.10 Å². The van der Waals surface area contributed by atoms with Crippen molar-refractivity contribution in [3.05, 3.63) is 58.5 Å². The van der Waals surface area contributed by atoms with Gasteiger partial charge in [0.25, 0.3) is 5.91 Å². The summed E-state index contributed by atoms with van der Waals surface area (Å²) >= 11 is 1.87. The number of aliphatic hydroxyl groups is 1. The Bertz CT molecular complexity index is 1850. The molecule has 2 bridgehead atoms. The van der Waals surface area contributed by atoms with Crippen LogP contribution in [0.5, 0.6) is 0 Å². The van der Waals surface area contributed by atoms with Crippen LogP contribution in [0.2, 0.25) is 0 Å². The van der Waals surface area contributed by atoms with Crippen LogP contribution in [0.3, 0.4) is 0 Å². The molecule has 0 aromatic carbocycles. The third kappa shape index (κ3) is 12.8. The minimum atomic E-state index is -1.01. The minimum absolute atomic E-state index is 0.00677. The number of methoxy groups -OCH3 is 2. The Kier molecular flexibility index (Phi) is 18.4. The zero-order valence-electron chi connectivity index (χ0n) is 37.5. The van der Waals surface area contributed by atoms with Crippen molar-refractivity contribution in [3.63, 3.8) is 0 Å². The van der Waals surface area contributed by atoms with E-state index < -0.39 is 53.9 Å². The molecule has 2 fully saturated rings. The number of amides is 5. The summed E-state index contributed by atoms with van der Waals surface area (Å²) in [6.07, 6.45) is 8.82. The maximum Gasteiger partial charge on any atom is 0.405 e. The van der Waals surface area contributed by atoms with E-state index in [4.69, 9.17) is 19.9 Å². The van der Waals surface area contributed by atoms with E-state index >= 15 is 0 Å². The van der Waals surface area contributed by atoms with Gasteiger partial charge in [-0.15, -0.1) is 0 Å². The number of ether oxygens (including phenoxy) is 3. The molecule has 3 aliphatic heterocycles. The molecule has 1 aliphatic carbocycles. The molecule has 0 aromatic heterocycles. The number of nitrogens with one attached hydrogen (secondary N) is 5. The lowest BCUT2D eigenvalue weighted by atomic mass is 9.79. The summed E-state index contributed by atoms with van der Waals surface area (Å²) in [6.45, 7) is 12.1. The highest BCUT2D eigenvalue weighted by atomic mass is 32.2. The van der Waals surface area contributed by atoms with Crippen LogP contribution in [-0.2, 0) is 33.4 Å². The molecule has 0 saturated carbocycles. The Hall–Kier alpha value is -4.45. The van der Waals surface area contributed by atoms with Gasteiger partial charge in [0.1, 0.15) is 6.10 Å². The van der Waals surface area contributed by atoms with E-state index in [2.05, 4.69) is 40.4 Å². The Morgan fingerprint density at radius 3 is 2.42 bits per heavy atom. The SMILES string of the molecule is CO[C@H]1/C=C\C=C(/C)C(=O)NC2=CC(=O)C(NCCCCCNC(=O)CCCCC3SCC4(C)NC(=O)NC34C)=C(C[C@@H](C)C[C@H](OC)[C@H](O)[C@@H](C)/C=C(\C)[C@@H]1OC(N)=O)C2=O. The molecule has 9 atom stereocenters. The molecule has 4 rings (SSSR count). The average Bonchev–Trinajstić information content (AvgIpc) is 3.59. The van der Waals surface area contributed by atoms with Crippen molar-refractivity contribution in [3.8, 4) is 0 Å². The number of aliphatic hydroxyl groups excluding tert-OH is 1. The Morgan fingerprint density at radius 2 is 1.73 bits per heavy atom. The molecule has 344 valence electrons. The summed E-state index contributed by atoms with van der Waals surface area (Å²) in [5, 5.41) is 26.7. The zero-order valence-corrected chi connectivity index (χ0v) is 38.3. The maximum absolute atomic E-state index is 14.0. The number of carbonyl (C=O) groups is 6. The minimum Gasteiger partial charge on any atom is -0.439 e. The molecule has 5 amide bonds. The van der Waals surface area contributed by atoms with Crippen molar-refractivity contribution in [1.82, 2.24) is 26.6 Å². The molecule has 16 nitrogen and oxygen atoms in total. The fourth-order valence-corrected chi connectivity index (χ4v) is 10.5. The number of carbonyl (C=O) groups excluding carboxylic acids is 6. The predicted octanol–water partition coefficient (Wildman–Crippen LogP) is 4.14. The lowest BCUT2D eigenvalue weighted by Crippen LogP contribution is -2.58. The first-order valence-electron chi connectivity index (χ1n) is 21.6. The number of unbranched alkanes of at least 4 members (excludes halogenated alkanes) is 3. The van der Waals surface area contributed by atoms with Crippen molar-refractivity contribution < 1.29 is 48.1 Å². The summed E-state index contributed by atoms with van der Waals surface area (Å²) in [4.78, 5) is 77.4. The highest BCUT2D eigenvalue weighted by Gasteiger charge is 2.60. The number of allylic oxidation sites excluding steroid dienone is 4. The number of nitrogens with two attached hydrogens (primary N) is 1. The van der Waals surface area contributed by atoms with Gasteiger partial charge in [-0.3, -0.25) is 19.2 Å². The van der Waals surface area contributed by atoms with Gasteiger partial charge in [-0.25, -0.2) is 9.59 Å². The normalized spacial score (nSPS) is 33.2. The van der Waals surface area contributed by atoms with E-state index in [1.807, 2.05) is 18.7 Å². The van der Waals surface area contributed by atoms with Crippen molar-refractivity contribution in [1.29, 1.82) is 0 Å². The van der Waals surface area contributed by atoms with Crippen LogP contribution in [0.1, 0.15) is 99.3 Å². The van der Waals surface area contributed by atoms with Crippen LogP contribution < -0.4 is 32.3 Å². The molecule has 62 heavy (non-hydrogen) atoms. The third-order valence-corrected chi connectivity index (χ3v) is 14.4. The van der Waals surface area contributed by atoms with Crippen molar-refractivity contribution in [2.24, 2.45) is 17.6 Å². The first-order valence-corrected chi connectivity index (χ1v) is 22.7. The molecular weight excluding hydrogens is 817 g/mol. The molecule has 3 heterocycles. The number of hydrogen-bond donors (Lipinski definition) is 7. The molecule has 3 unspecified atom stereocenters. The zero-order chi connectivity index (χ0) is 45.8. The van der Waals surface area contributed by atoms with Crippen LogP contribution >= 0.6 is 11.8 Å². The van der Waals surface area contributed by atoms with Gasteiger partial charge in [0.2, 0.25) is 17.5 Å². The standard InChI is InChI=1S/C45H68N6O10S/c1-26-21-30-37(48-20-13-9-12-19-47-36(53)18-11-10-17-35-45(6)44(5,25-62-35)50-43(58)51-45)32(52)24-31(39(30)55)49-41(56)27(2)15-14-16-33(59-7)40(61-42(46)57)29(4)23-28(3)38(54)34(22-26)60-8/h14-16,23-24,26,28,33-35,38,40,48,54H,9-13,17-22,25H2,1-8H3,(H2,46,57)(H,47,53)(H,49,56)(H2,50,51,58)/b16-14-,27-15+,29-23+/t26-,28+,33+,34+,35?,38-,40+,44?,45?/m1/s1. The predicted molar refractivity (Wildman–Crippen MR) is 238 cm³/mol. The number of rotatable bonds is 15. The van der Waals surface area contributed by atoms with E-state index in [0.29, 0.717) is 43.2 Å². The molecule has 2 saturated heterocycles. The molecule has 0 spiro atoms. The van der Waals surface area contributed by atoms with Gasteiger partial charge in [0, 0.05) is 67.9 Å². The van der Waals surface area contributed by atoms with Crippen molar-refractivity contribution in [2.45, 2.75) is 140 Å². The second-order valence-corrected chi connectivity index (χ2v) is 18.6. The number of thioether (sulfide) groups is 1. The molecular formula is C45H68N6O10S. The smallest absolute Gasteiger partial charge is 0.405 e. The van der Waals surface area contributed by atoms with E-state index in [-0.39, 0.29) is 57.9 Å². The number of Topliss-reactive ketones (excluding diaryl/α,β-unsaturated/α-hetero) is 1. The van der Waals surface area contributed by atoms with Crippen LogP contribution in [0.25, 0.3) is 0 Å². The van der Waals surface area contributed by atoms with Gasteiger partial charge >= 0.3 is 12.1 Å². The van der Waals surface area contributed by atoms with Crippen LogP contribution in [0.4, 0.5) is 9.59 Å². The van der Waals surface area contributed by atoms with Crippen LogP contribution in [0.15, 0.2) is 58.5 Å². The topological polar surface area (TPSA) is 237 Å². The van der Waals surface area contributed by atoms with Gasteiger partial charge in [0.05, 0.1) is 34.7 Å². The highest BCUT2D eigenvalue weighted by Crippen LogP contribution is 2.47. The first kappa shape index (κ1) is 50.2. The summed E-state index contributed by atoms with van der Waals surface area (Å²) < 4.78 is 16.8. The van der Waals surface area contributed by atoms with E-state index in [9.17, 15) is 33.9 Å². The van der Waals surface area contributed by atoms with E-state index in [1.165, 1.54) is 20.3 Å². The number of hydrogen-bond acceptors (Lipinski definition) is 12. The quantitative estimate of drug-likeness (QED) is 0.0532. The van der Waals surface area contributed by atoms with E-state index in [0.717, 1.165) is 43.9 Å². The van der Waals surface area contributed by atoms with Gasteiger partial charge in [-0.1, -0.05) is 44.6 Å². The molecule has 8 N–H and O–H groups in total. The lowest BCUT2D eigenvalue weighted by Gasteiger charge is -2.35. The third-order valence-electron chi connectivity index (χ3n) is 12.5. The monoisotopic (exact) mass is 884 g/mol. The Labute approximate surface area is 370 Å². The second-order valence-electron chi connectivity index (χ2n) is 17.4. The molecule has 17 heteroatoms. The first-order chi connectivity index (χ1) is 29.3. The Balaban J connectivity index is 1.36. The summed E-state index contributed by atoms with van der Waals surface area (Å²) in [7, 11) is 2.92. The number of ketones is 2. The summed E-state index contributed by atoms with van der Waals surface area (Å²) in [5.41, 5.74) is 5.89. The van der Waals surface area contributed by atoms with Gasteiger partial charge in [-0.2, -0.15) is 11.8 Å². The average molecular weight is 885 g/mol. The summed E-state index contributed by atoms with van der Waals surface area (Å²) in [5.74, 6) is -1.38. The van der Waals surface area contributed by atoms with Gasteiger partial charge < -0.3 is 51.6 Å².